The van der Waals surface area contributed by atoms with E-state index in [-0.39, 0.29) is 5.91 Å². The number of aryl methyl sites for hydroxylation is 2. The zero-order chi connectivity index (χ0) is 16.7. The molecular weight excluding hydrogens is 298 g/mol. The highest BCUT2D eigenvalue weighted by Crippen LogP contribution is 2.26. The lowest BCUT2D eigenvalue weighted by atomic mass is 10.2. The Kier molecular flexibility index (Phi) is 3.38. The smallest absolute Gasteiger partial charge is 0.272 e. The third-order valence-corrected chi connectivity index (χ3v) is 4.54. The summed E-state index contributed by atoms with van der Waals surface area (Å²) in [5.41, 5.74) is 3.71. The van der Waals surface area contributed by atoms with E-state index < -0.39 is 0 Å². The Morgan fingerprint density at radius 1 is 1.04 bits per heavy atom. The van der Waals surface area contributed by atoms with Crippen molar-refractivity contribution >= 4 is 33.4 Å². The van der Waals surface area contributed by atoms with Crippen LogP contribution in [-0.2, 0) is 13.6 Å². The SMILES string of the molecule is CCn1c(C(=O)Nc2cccc3c2ccn3C)cc2ccccc21. The van der Waals surface area contributed by atoms with Crippen molar-refractivity contribution in [2.45, 2.75) is 13.5 Å². The maximum atomic E-state index is 12.9. The van der Waals surface area contributed by atoms with Crippen LogP contribution >= 0.6 is 0 Å². The minimum atomic E-state index is -0.0793. The normalized spacial score (nSPS) is 11.2. The number of fused-ring (bicyclic) bond motifs is 2. The van der Waals surface area contributed by atoms with E-state index in [4.69, 9.17) is 0 Å². The first-order valence-corrected chi connectivity index (χ1v) is 8.12. The predicted octanol–water partition coefficient (Wildman–Crippen LogP) is 4.41. The fraction of sp³-hybridized carbons (Fsp3) is 0.150. The summed E-state index contributed by atoms with van der Waals surface area (Å²) >= 11 is 0. The summed E-state index contributed by atoms with van der Waals surface area (Å²) < 4.78 is 4.10. The summed E-state index contributed by atoms with van der Waals surface area (Å²) in [5, 5.41) is 5.21. The highest BCUT2D eigenvalue weighted by atomic mass is 16.1. The average molecular weight is 317 g/mol. The largest absolute Gasteiger partial charge is 0.350 e. The lowest BCUT2D eigenvalue weighted by molar-refractivity contribution is 0.101. The van der Waals surface area contributed by atoms with Gasteiger partial charge in [-0.3, -0.25) is 4.79 Å². The highest BCUT2D eigenvalue weighted by Gasteiger charge is 2.15. The maximum absolute atomic E-state index is 12.9. The molecule has 0 unspecified atom stereocenters. The number of anilines is 1. The number of nitrogens with one attached hydrogen (secondary N) is 1. The Labute approximate surface area is 140 Å². The fourth-order valence-corrected chi connectivity index (χ4v) is 3.34. The van der Waals surface area contributed by atoms with Gasteiger partial charge in [0.25, 0.3) is 5.91 Å². The standard InChI is InChI=1S/C20H19N3O/c1-3-23-17-9-5-4-7-14(17)13-19(23)20(24)21-16-8-6-10-18-15(16)11-12-22(18)2/h4-13H,3H2,1-2H3,(H,21,24). The summed E-state index contributed by atoms with van der Waals surface area (Å²) in [6, 6.07) is 18.0. The molecule has 4 rings (SSSR count). The van der Waals surface area contributed by atoms with Gasteiger partial charge in [0, 0.05) is 41.6 Å². The van der Waals surface area contributed by atoms with Crippen molar-refractivity contribution in [3.8, 4) is 0 Å². The number of hydrogen-bond donors (Lipinski definition) is 1. The van der Waals surface area contributed by atoms with Crippen molar-refractivity contribution in [3.63, 3.8) is 0 Å². The molecule has 0 atom stereocenters. The molecule has 2 heterocycles. The maximum Gasteiger partial charge on any atom is 0.272 e. The van der Waals surface area contributed by atoms with Gasteiger partial charge in [0.2, 0.25) is 0 Å². The Morgan fingerprint density at radius 2 is 1.83 bits per heavy atom. The van der Waals surface area contributed by atoms with Gasteiger partial charge in [0.05, 0.1) is 5.69 Å². The molecule has 0 aliphatic rings. The quantitative estimate of drug-likeness (QED) is 0.597. The molecule has 0 spiro atoms. The summed E-state index contributed by atoms with van der Waals surface area (Å²) in [5.74, 6) is -0.0793. The zero-order valence-corrected chi connectivity index (χ0v) is 13.8. The predicted molar refractivity (Wildman–Crippen MR) is 98.5 cm³/mol. The molecule has 1 N–H and O–H groups in total. The second kappa shape index (κ2) is 5.57. The van der Waals surface area contributed by atoms with E-state index in [1.54, 1.807) is 0 Å². The van der Waals surface area contributed by atoms with Gasteiger partial charge in [-0.1, -0.05) is 24.3 Å². The van der Waals surface area contributed by atoms with Gasteiger partial charge in [0.1, 0.15) is 5.69 Å². The number of carbonyl (C=O) groups excluding carboxylic acids is 1. The van der Waals surface area contributed by atoms with Crippen LogP contribution in [0.2, 0.25) is 0 Å². The van der Waals surface area contributed by atoms with Crippen molar-refractivity contribution in [3.05, 3.63) is 66.5 Å². The number of hydrogen-bond acceptors (Lipinski definition) is 1. The van der Waals surface area contributed by atoms with Gasteiger partial charge < -0.3 is 14.5 Å². The van der Waals surface area contributed by atoms with Gasteiger partial charge in [-0.15, -0.1) is 0 Å². The van der Waals surface area contributed by atoms with Gasteiger partial charge in [-0.2, -0.15) is 0 Å². The molecule has 0 saturated heterocycles. The van der Waals surface area contributed by atoms with Crippen LogP contribution in [0.15, 0.2) is 60.8 Å². The first-order chi connectivity index (χ1) is 11.7. The summed E-state index contributed by atoms with van der Waals surface area (Å²) in [7, 11) is 2.00. The molecule has 4 nitrogen and oxygen atoms in total. The van der Waals surface area contributed by atoms with Gasteiger partial charge in [0.15, 0.2) is 0 Å². The van der Waals surface area contributed by atoms with Crippen molar-refractivity contribution in [2.24, 2.45) is 7.05 Å². The monoisotopic (exact) mass is 317 g/mol. The number of para-hydroxylation sites is 1. The molecule has 1 amide bonds. The molecule has 4 aromatic rings. The second-order valence-electron chi connectivity index (χ2n) is 5.95. The van der Waals surface area contributed by atoms with Crippen LogP contribution < -0.4 is 5.32 Å². The van der Waals surface area contributed by atoms with E-state index >= 15 is 0 Å². The number of benzene rings is 2. The topological polar surface area (TPSA) is 39.0 Å². The molecule has 0 aliphatic carbocycles. The molecule has 0 radical (unpaired) electrons. The summed E-state index contributed by atoms with van der Waals surface area (Å²) in [6.45, 7) is 2.81. The second-order valence-corrected chi connectivity index (χ2v) is 5.95. The Bertz CT molecular complexity index is 1060. The minimum Gasteiger partial charge on any atom is -0.350 e. The van der Waals surface area contributed by atoms with Crippen LogP contribution in [0, 0.1) is 0 Å². The molecule has 0 bridgehead atoms. The van der Waals surface area contributed by atoms with Gasteiger partial charge >= 0.3 is 0 Å². The molecule has 0 fully saturated rings. The minimum absolute atomic E-state index is 0.0793. The van der Waals surface area contributed by atoms with Crippen LogP contribution in [0.5, 0.6) is 0 Å². The van der Waals surface area contributed by atoms with Crippen LogP contribution in [0.25, 0.3) is 21.8 Å². The van der Waals surface area contributed by atoms with Crippen molar-refractivity contribution in [1.29, 1.82) is 0 Å². The Balaban J connectivity index is 1.76. The van der Waals surface area contributed by atoms with Crippen LogP contribution in [0.3, 0.4) is 0 Å². The molecule has 2 aromatic heterocycles. The number of nitrogens with zero attached hydrogens (tertiary/aromatic N) is 2. The molecule has 24 heavy (non-hydrogen) atoms. The van der Waals surface area contributed by atoms with E-state index in [2.05, 4.69) is 16.8 Å². The molecule has 0 saturated carbocycles. The Morgan fingerprint density at radius 3 is 2.67 bits per heavy atom. The fourth-order valence-electron chi connectivity index (χ4n) is 3.34. The van der Waals surface area contributed by atoms with E-state index in [1.165, 1.54) is 0 Å². The van der Waals surface area contributed by atoms with E-state index in [0.29, 0.717) is 5.69 Å². The van der Waals surface area contributed by atoms with Crippen molar-refractivity contribution < 1.29 is 4.79 Å². The molecule has 120 valence electrons. The Hall–Kier alpha value is -3.01. The first kappa shape index (κ1) is 14.6. The van der Waals surface area contributed by atoms with E-state index in [1.807, 2.05) is 72.4 Å². The summed E-state index contributed by atoms with van der Waals surface area (Å²) in [4.78, 5) is 12.9. The third kappa shape index (κ3) is 2.19. The number of rotatable bonds is 3. The summed E-state index contributed by atoms with van der Waals surface area (Å²) in [6.07, 6.45) is 2.00. The van der Waals surface area contributed by atoms with Crippen LogP contribution in [0.4, 0.5) is 5.69 Å². The average Bonchev–Trinajstić information content (AvgIpc) is 3.16. The lowest BCUT2D eigenvalue weighted by Crippen LogP contribution is -2.16. The lowest BCUT2D eigenvalue weighted by Gasteiger charge is -2.10. The van der Waals surface area contributed by atoms with Crippen molar-refractivity contribution in [2.75, 3.05) is 5.32 Å². The number of aromatic nitrogens is 2. The molecular formula is C20H19N3O. The number of carbonyl (C=O) groups is 1. The van der Waals surface area contributed by atoms with Crippen LogP contribution in [-0.4, -0.2) is 15.0 Å². The zero-order valence-electron chi connectivity index (χ0n) is 13.8. The van der Waals surface area contributed by atoms with E-state index in [9.17, 15) is 4.79 Å². The first-order valence-electron chi connectivity index (χ1n) is 8.12. The molecule has 4 heteroatoms. The molecule has 2 aromatic carbocycles. The highest BCUT2D eigenvalue weighted by molar-refractivity contribution is 6.10. The third-order valence-electron chi connectivity index (χ3n) is 4.54. The van der Waals surface area contributed by atoms with Crippen LogP contribution in [0.1, 0.15) is 17.4 Å². The van der Waals surface area contributed by atoms with Crippen molar-refractivity contribution in [1.82, 2.24) is 9.13 Å². The van der Waals surface area contributed by atoms with Gasteiger partial charge in [-0.05, 0) is 37.3 Å². The molecule has 0 aliphatic heterocycles. The van der Waals surface area contributed by atoms with E-state index in [0.717, 1.165) is 34.0 Å². The number of amides is 1. The van der Waals surface area contributed by atoms with Gasteiger partial charge in [-0.25, -0.2) is 0 Å².